The van der Waals surface area contributed by atoms with Crippen LogP contribution < -0.4 is 20.2 Å². The molecule has 2 aromatic carbocycles. The number of anilines is 1. The zero-order chi connectivity index (χ0) is 18.1. The van der Waals surface area contributed by atoms with Crippen molar-refractivity contribution in [3.8, 4) is 11.5 Å². The molecular weight excluding hydrogens is 318 g/mol. The number of ether oxygens (including phenoxy) is 2. The Morgan fingerprint density at radius 3 is 2.08 bits per heavy atom. The predicted molar refractivity (Wildman–Crippen MR) is 99.4 cm³/mol. The van der Waals surface area contributed by atoms with E-state index in [2.05, 4.69) is 15.8 Å². The van der Waals surface area contributed by atoms with Crippen LogP contribution in [0.2, 0.25) is 0 Å². The van der Waals surface area contributed by atoms with E-state index in [9.17, 15) is 4.79 Å². The lowest BCUT2D eigenvalue weighted by atomic mass is 10.1. The van der Waals surface area contributed by atoms with Crippen LogP contribution in [0.1, 0.15) is 12.5 Å². The minimum absolute atomic E-state index is 0.144. The highest BCUT2D eigenvalue weighted by atomic mass is 16.5. The molecule has 2 N–H and O–H groups in total. The quantitative estimate of drug-likeness (QED) is 0.572. The summed E-state index contributed by atoms with van der Waals surface area (Å²) in [5, 5.41) is 7.16. The molecule has 0 aromatic heterocycles. The van der Waals surface area contributed by atoms with Crippen LogP contribution in [-0.2, 0) is 11.2 Å². The fraction of sp³-hybridized carbons (Fsp3) is 0.263. The Bertz CT molecular complexity index is 710. The third-order valence-electron chi connectivity index (χ3n) is 3.53. The SMILES string of the molecule is COc1ccc(C/C(C)=N\NC(=O)CNc2ccc(OC)cc2)cc1. The molecule has 6 heteroatoms. The Morgan fingerprint density at radius 2 is 1.52 bits per heavy atom. The fourth-order valence-corrected chi connectivity index (χ4v) is 2.17. The highest BCUT2D eigenvalue weighted by Gasteiger charge is 2.02. The van der Waals surface area contributed by atoms with Crippen molar-refractivity contribution in [3.05, 3.63) is 54.1 Å². The van der Waals surface area contributed by atoms with Gasteiger partial charge in [0.1, 0.15) is 11.5 Å². The normalized spacial score (nSPS) is 10.9. The number of hydrogen-bond donors (Lipinski definition) is 2. The van der Waals surface area contributed by atoms with Gasteiger partial charge in [-0.1, -0.05) is 12.1 Å². The van der Waals surface area contributed by atoms with Gasteiger partial charge in [-0.25, -0.2) is 5.43 Å². The Balaban J connectivity index is 1.77. The lowest BCUT2D eigenvalue weighted by Gasteiger charge is -2.07. The molecule has 0 atom stereocenters. The van der Waals surface area contributed by atoms with Crippen molar-refractivity contribution in [1.82, 2.24) is 5.43 Å². The van der Waals surface area contributed by atoms with Gasteiger partial charge >= 0.3 is 0 Å². The number of hydrazone groups is 1. The van der Waals surface area contributed by atoms with Crippen molar-refractivity contribution in [3.63, 3.8) is 0 Å². The van der Waals surface area contributed by atoms with Crippen LogP contribution >= 0.6 is 0 Å². The fourth-order valence-electron chi connectivity index (χ4n) is 2.17. The number of nitrogens with zero attached hydrogens (tertiary/aromatic N) is 1. The molecule has 0 heterocycles. The van der Waals surface area contributed by atoms with E-state index in [4.69, 9.17) is 9.47 Å². The van der Waals surface area contributed by atoms with Crippen LogP contribution in [0.5, 0.6) is 11.5 Å². The molecule has 1 amide bonds. The molecule has 6 nitrogen and oxygen atoms in total. The van der Waals surface area contributed by atoms with Gasteiger partial charge in [-0.3, -0.25) is 4.79 Å². The van der Waals surface area contributed by atoms with Gasteiger partial charge in [-0.05, 0) is 48.9 Å². The van der Waals surface area contributed by atoms with E-state index in [0.29, 0.717) is 6.42 Å². The lowest BCUT2D eigenvalue weighted by Crippen LogP contribution is -2.26. The average Bonchev–Trinajstić information content (AvgIpc) is 2.65. The Hall–Kier alpha value is -3.02. The summed E-state index contributed by atoms with van der Waals surface area (Å²) < 4.78 is 10.2. The van der Waals surface area contributed by atoms with Crippen molar-refractivity contribution in [1.29, 1.82) is 0 Å². The molecule has 0 aliphatic rings. The lowest BCUT2D eigenvalue weighted by molar-refractivity contribution is -0.119. The standard InChI is InChI=1S/C19H23N3O3/c1-14(12-15-4-8-17(24-2)9-5-15)21-22-19(23)13-20-16-6-10-18(25-3)11-7-16/h4-11,20H,12-13H2,1-3H3,(H,22,23)/b21-14-. The third kappa shape index (κ3) is 6.18. The van der Waals surface area contributed by atoms with Gasteiger partial charge in [-0.15, -0.1) is 0 Å². The van der Waals surface area contributed by atoms with E-state index >= 15 is 0 Å². The van der Waals surface area contributed by atoms with Crippen molar-refractivity contribution in [2.45, 2.75) is 13.3 Å². The molecule has 0 fully saturated rings. The van der Waals surface area contributed by atoms with E-state index in [0.717, 1.165) is 28.5 Å². The second-order valence-corrected chi connectivity index (χ2v) is 5.49. The number of nitrogens with one attached hydrogen (secondary N) is 2. The van der Waals surface area contributed by atoms with E-state index in [1.165, 1.54) is 0 Å². The maximum absolute atomic E-state index is 11.9. The Morgan fingerprint density at radius 1 is 0.960 bits per heavy atom. The molecule has 0 radical (unpaired) electrons. The molecule has 0 unspecified atom stereocenters. The molecule has 0 aliphatic heterocycles. The molecule has 0 saturated carbocycles. The van der Waals surface area contributed by atoms with Crippen molar-refractivity contribution >= 4 is 17.3 Å². The number of methoxy groups -OCH3 is 2. The first kappa shape index (κ1) is 18.3. The van der Waals surface area contributed by atoms with Crippen molar-refractivity contribution in [2.24, 2.45) is 5.10 Å². The molecule has 25 heavy (non-hydrogen) atoms. The maximum Gasteiger partial charge on any atom is 0.259 e. The second-order valence-electron chi connectivity index (χ2n) is 5.49. The first-order valence-corrected chi connectivity index (χ1v) is 7.93. The van der Waals surface area contributed by atoms with Gasteiger partial charge in [0, 0.05) is 17.8 Å². The predicted octanol–water partition coefficient (Wildman–Crippen LogP) is 2.85. The summed E-state index contributed by atoms with van der Waals surface area (Å²) in [5.41, 5.74) is 5.32. The number of rotatable bonds is 8. The molecular formula is C19H23N3O3. The smallest absolute Gasteiger partial charge is 0.259 e. The summed E-state index contributed by atoms with van der Waals surface area (Å²) in [6.45, 7) is 2.02. The van der Waals surface area contributed by atoms with Crippen LogP contribution in [-0.4, -0.2) is 32.4 Å². The van der Waals surface area contributed by atoms with Crippen LogP contribution in [0.25, 0.3) is 0 Å². The number of hydrogen-bond acceptors (Lipinski definition) is 5. The molecule has 132 valence electrons. The minimum atomic E-state index is -0.204. The van der Waals surface area contributed by atoms with Crippen LogP contribution in [0, 0.1) is 0 Å². The van der Waals surface area contributed by atoms with Crippen molar-refractivity contribution in [2.75, 3.05) is 26.1 Å². The van der Waals surface area contributed by atoms with Gasteiger partial charge in [0.25, 0.3) is 5.91 Å². The molecule has 2 rings (SSSR count). The van der Waals surface area contributed by atoms with Crippen molar-refractivity contribution < 1.29 is 14.3 Å². The van der Waals surface area contributed by atoms with Crippen LogP contribution in [0.15, 0.2) is 53.6 Å². The minimum Gasteiger partial charge on any atom is -0.497 e. The zero-order valence-electron chi connectivity index (χ0n) is 14.7. The monoisotopic (exact) mass is 341 g/mol. The zero-order valence-corrected chi connectivity index (χ0v) is 14.7. The van der Waals surface area contributed by atoms with E-state index in [-0.39, 0.29) is 12.5 Å². The molecule has 2 aromatic rings. The second kappa shape index (κ2) is 9.32. The largest absolute Gasteiger partial charge is 0.497 e. The summed E-state index contributed by atoms with van der Waals surface area (Å²) in [7, 11) is 3.25. The highest BCUT2D eigenvalue weighted by molar-refractivity contribution is 5.87. The average molecular weight is 341 g/mol. The topological polar surface area (TPSA) is 72.0 Å². The summed E-state index contributed by atoms with van der Waals surface area (Å²) in [6.07, 6.45) is 0.663. The first-order chi connectivity index (χ1) is 12.1. The molecule has 0 bridgehead atoms. The van der Waals surface area contributed by atoms with Gasteiger partial charge < -0.3 is 14.8 Å². The van der Waals surface area contributed by atoms with Gasteiger partial charge in [-0.2, -0.15) is 5.10 Å². The number of benzene rings is 2. The van der Waals surface area contributed by atoms with Gasteiger partial charge in [0.15, 0.2) is 0 Å². The molecule has 0 saturated heterocycles. The Kier molecular flexibility index (Phi) is 6.83. The van der Waals surface area contributed by atoms with E-state index in [1.807, 2.05) is 55.5 Å². The van der Waals surface area contributed by atoms with Gasteiger partial charge in [0.2, 0.25) is 0 Å². The molecule has 0 aliphatic carbocycles. The summed E-state index contributed by atoms with van der Waals surface area (Å²) in [5.74, 6) is 1.38. The molecule has 0 spiro atoms. The third-order valence-corrected chi connectivity index (χ3v) is 3.53. The first-order valence-electron chi connectivity index (χ1n) is 7.93. The highest BCUT2D eigenvalue weighted by Crippen LogP contribution is 2.14. The number of carbonyl (C=O) groups is 1. The van der Waals surface area contributed by atoms with Crippen LogP contribution in [0.3, 0.4) is 0 Å². The van der Waals surface area contributed by atoms with E-state index in [1.54, 1.807) is 14.2 Å². The summed E-state index contributed by atoms with van der Waals surface area (Å²) >= 11 is 0. The number of amides is 1. The summed E-state index contributed by atoms with van der Waals surface area (Å²) in [4.78, 5) is 11.9. The summed E-state index contributed by atoms with van der Waals surface area (Å²) in [6, 6.07) is 15.1. The van der Waals surface area contributed by atoms with Gasteiger partial charge in [0.05, 0.1) is 20.8 Å². The maximum atomic E-state index is 11.9. The number of carbonyl (C=O) groups excluding carboxylic acids is 1. The van der Waals surface area contributed by atoms with Crippen LogP contribution in [0.4, 0.5) is 5.69 Å². The van der Waals surface area contributed by atoms with E-state index < -0.39 is 0 Å². The Labute approximate surface area is 147 Å².